The normalized spacial score (nSPS) is 23.3. The maximum Gasteiger partial charge on any atom is 0.274 e. The monoisotopic (exact) mass is 817 g/mol. The zero-order valence-electron chi connectivity index (χ0n) is 33.8. The van der Waals surface area contributed by atoms with Crippen molar-refractivity contribution >= 4 is 62.5 Å². The first kappa shape index (κ1) is 39.4. The summed E-state index contributed by atoms with van der Waals surface area (Å²) in [6, 6.07) is 13.4. The summed E-state index contributed by atoms with van der Waals surface area (Å²) in [7, 11) is 0. The third-order valence-corrected chi connectivity index (χ3v) is 14.4. The number of pyridine rings is 1. The molecule has 1 unspecified atom stereocenters. The highest BCUT2D eigenvalue weighted by atomic mass is 32.1. The lowest BCUT2D eigenvalue weighted by atomic mass is 9.57. The van der Waals surface area contributed by atoms with Crippen LogP contribution < -0.4 is 16.0 Å². The minimum Gasteiger partial charge on any atom is -0.386 e. The summed E-state index contributed by atoms with van der Waals surface area (Å²) in [5.41, 5.74) is 3.63. The van der Waals surface area contributed by atoms with Crippen molar-refractivity contribution in [2.75, 3.05) is 36.8 Å². The molecule has 5 aliphatic rings. The third kappa shape index (κ3) is 7.66. The third-order valence-electron chi connectivity index (χ3n) is 13.2. The van der Waals surface area contributed by atoms with E-state index in [1.807, 2.05) is 37.3 Å². The van der Waals surface area contributed by atoms with E-state index < -0.39 is 29.4 Å². The number of benzene rings is 2. The molecule has 2 saturated carbocycles. The molecule has 308 valence electrons. The minimum absolute atomic E-state index is 0.0943. The van der Waals surface area contributed by atoms with Gasteiger partial charge in [-0.2, -0.15) is 0 Å². The average Bonchev–Trinajstić information content (AvgIpc) is 3.70. The first-order valence-electron chi connectivity index (χ1n) is 21.0. The zero-order chi connectivity index (χ0) is 41.2. The Balaban J connectivity index is 0.730. The molecule has 5 amide bonds. The van der Waals surface area contributed by atoms with Gasteiger partial charge < -0.3 is 20.6 Å². The molecule has 9 rings (SSSR count). The number of aryl methyl sites for hydroxylation is 1. The largest absolute Gasteiger partial charge is 0.386 e. The lowest BCUT2D eigenvalue weighted by Gasteiger charge is -2.60. The molecule has 3 aliphatic heterocycles. The second-order valence-electron chi connectivity index (χ2n) is 18.1. The molecule has 2 aromatic heterocycles. The van der Waals surface area contributed by atoms with E-state index in [4.69, 9.17) is 4.98 Å². The van der Waals surface area contributed by atoms with Crippen LogP contribution in [0.3, 0.4) is 0 Å². The summed E-state index contributed by atoms with van der Waals surface area (Å²) in [5.74, 6) is -0.556. The summed E-state index contributed by atoms with van der Waals surface area (Å²) < 4.78 is 0.997. The number of imide groups is 2. The van der Waals surface area contributed by atoms with Crippen molar-refractivity contribution < 1.29 is 29.1 Å². The van der Waals surface area contributed by atoms with Crippen molar-refractivity contribution in [1.29, 1.82) is 0 Å². The van der Waals surface area contributed by atoms with E-state index in [0.29, 0.717) is 63.5 Å². The molecule has 1 atom stereocenters. The van der Waals surface area contributed by atoms with E-state index in [1.54, 1.807) is 43.4 Å². The Morgan fingerprint density at radius 1 is 0.949 bits per heavy atom. The number of carbonyl (C=O) groups is 5. The number of anilines is 2. The summed E-state index contributed by atoms with van der Waals surface area (Å²) in [6.45, 7) is 9.47. The lowest BCUT2D eigenvalue weighted by molar-refractivity contribution is -0.136. The predicted molar refractivity (Wildman–Crippen MR) is 224 cm³/mol. The Hall–Kier alpha value is -5.05. The van der Waals surface area contributed by atoms with E-state index in [2.05, 4.69) is 25.8 Å². The van der Waals surface area contributed by atoms with Crippen LogP contribution >= 0.6 is 11.3 Å². The highest BCUT2D eigenvalue weighted by Crippen LogP contribution is 2.53. The fourth-order valence-corrected chi connectivity index (χ4v) is 11.5. The van der Waals surface area contributed by atoms with E-state index in [1.165, 1.54) is 25.7 Å². The van der Waals surface area contributed by atoms with Gasteiger partial charge in [0.2, 0.25) is 11.8 Å². The number of rotatable bonds is 11. The van der Waals surface area contributed by atoms with Gasteiger partial charge in [-0.15, -0.1) is 11.3 Å². The van der Waals surface area contributed by atoms with Crippen molar-refractivity contribution in [2.45, 2.75) is 96.1 Å². The molecule has 2 aromatic carbocycles. The Morgan fingerprint density at radius 2 is 1.71 bits per heavy atom. The van der Waals surface area contributed by atoms with Gasteiger partial charge in [-0.05, 0) is 126 Å². The fourth-order valence-electron chi connectivity index (χ4n) is 10.3. The van der Waals surface area contributed by atoms with Gasteiger partial charge in [0, 0.05) is 61.1 Å². The molecule has 4 aromatic rings. The number of aliphatic hydroxyl groups is 1. The highest BCUT2D eigenvalue weighted by molar-refractivity contribution is 7.18. The lowest BCUT2D eigenvalue weighted by Crippen LogP contribution is -2.63. The molecule has 1 spiro atoms. The summed E-state index contributed by atoms with van der Waals surface area (Å²) >= 11 is 1.69. The number of amides is 5. The Bertz CT molecular complexity index is 2370. The number of fused-ring (bicyclic) bond motifs is 2. The van der Waals surface area contributed by atoms with Crippen LogP contribution in [0.4, 0.5) is 11.4 Å². The summed E-state index contributed by atoms with van der Waals surface area (Å²) in [4.78, 5) is 76.9. The maximum atomic E-state index is 13.4. The maximum absolute atomic E-state index is 13.4. The second kappa shape index (κ2) is 15.2. The van der Waals surface area contributed by atoms with Crippen LogP contribution in [-0.4, -0.2) is 86.6 Å². The number of carbonyl (C=O) groups excluding carboxylic acids is 5. The van der Waals surface area contributed by atoms with Crippen molar-refractivity contribution in [2.24, 2.45) is 17.3 Å². The van der Waals surface area contributed by atoms with Crippen LogP contribution in [0.15, 0.2) is 48.5 Å². The molecule has 2 saturated heterocycles. The van der Waals surface area contributed by atoms with Crippen molar-refractivity contribution in [3.05, 3.63) is 81.6 Å². The van der Waals surface area contributed by atoms with Crippen molar-refractivity contribution in [3.63, 3.8) is 0 Å². The Labute approximate surface area is 347 Å². The number of hydrogen-bond donors (Lipinski definition) is 4. The number of nitrogens with one attached hydrogen (secondary N) is 3. The van der Waals surface area contributed by atoms with Crippen molar-refractivity contribution in [3.8, 4) is 0 Å². The molecule has 0 radical (unpaired) electrons. The molecule has 14 heteroatoms. The number of thiazole rings is 1. The number of piperidine rings is 1. The van der Waals surface area contributed by atoms with Crippen LogP contribution in [0.1, 0.15) is 125 Å². The van der Waals surface area contributed by atoms with Crippen LogP contribution in [0.5, 0.6) is 0 Å². The minimum atomic E-state index is -1.17. The Kier molecular flexibility index (Phi) is 10.2. The highest BCUT2D eigenvalue weighted by Gasteiger charge is 2.52. The number of hydrogen-bond acceptors (Lipinski definition) is 11. The first-order valence-corrected chi connectivity index (χ1v) is 21.8. The SMILES string of the molecule is Cc1cccc(C(=O)Nc2cc3sc(C4CCC(CN5CC6(CC(CCNc7cccc8c7C(=O)N(C7CCC(=O)NC7=O)C8=O)C6)C5)CC4)nc3cc2C(C)(C)O)n1. The topological polar surface area (TPSA) is 174 Å². The number of likely N-dealkylation sites (tertiary alicyclic amines) is 1. The van der Waals surface area contributed by atoms with Crippen LogP contribution in [-0.2, 0) is 15.2 Å². The van der Waals surface area contributed by atoms with E-state index in [0.717, 1.165) is 64.7 Å². The average molecular weight is 818 g/mol. The smallest absolute Gasteiger partial charge is 0.274 e. The van der Waals surface area contributed by atoms with Gasteiger partial charge in [-0.1, -0.05) is 12.1 Å². The summed E-state index contributed by atoms with van der Waals surface area (Å²) in [6.07, 6.45) is 8.23. The number of aromatic nitrogens is 2. The summed E-state index contributed by atoms with van der Waals surface area (Å²) in [5, 5.41) is 20.8. The van der Waals surface area contributed by atoms with Crippen molar-refractivity contribution in [1.82, 2.24) is 25.1 Å². The van der Waals surface area contributed by atoms with Gasteiger partial charge in [0.25, 0.3) is 17.7 Å². The molecule has 2 aliphatic carbocycles. The van der Waals surface area contributed by atoms with Crippen LogP contribution in [0, 0.1) is 24.2 Å². The molecule has 0 bridgehead atoms. The second-order valence-corrected chi connectivity index (χ2v) is 19.2. The number of nitrogens with zero attached hydrogens (tertiary/aromatic N) is 4. The van der Waals surface area contributed by atoms with E-state index in [-0.39, 0.29) is 24.7 Å². The van der Waals surface area contributed by atoms with Crippen LogP contribution in [0.25, 0.3) is 10.2 Å². The zero-order valence-corrected chi connectivity index (χ0v) is 34.6. The van der Waals surface area contributed by atoms with Gasteiger partial charge in [0.15, 0.2) is 0 Å². The molecule has 13 nitrogen and oxygen atoms in total. The molecule has 4 N–H and O–H groups in total. The van der Waals surface area contributed by atoms with Gasteiger partial charge in [0.05, 0.1) is 32.0 Å². The standard InChI is InChI=1S/C45H51N7O6S/c1-25-6-4-9-32(47-25)39(54)48-33-19-36-34(18-30(33)44(2,3)58)49-41(59-36)28-12-10-26(11-13-28)22-51-23-45(24-51)20-27(21-45)16-17-46-31-8-5-7-29-38(31)43(57)52(42(29)56)35-14-15-37(53)50-40(35)55/h4-9,18-19,26-28,35,46,58H,10-17,20-24H2,1-3H3,(H,48,54)(H,50,53,55). The Morgan fingerprint density at radius 3 is 2.44 bits per heavy atom. The molecule has 4 fully saturated rings. The van der Waals surface area contributed by atoms with E-state index in [9.17, 15) is 29.1 Å². The predicted octanol–water partition coefficient (Wildman–Crippen LogP) is 6.37. The molecule has 59 heavy (non-hydrogen) atoms. The van der Waals surface area contributed by atoms with Gasteiger partial charge >= 0.3 is 0 Å². The molecular formula is C45H51N7O6S. The van der Waals surface area contributed by atoms with E-state index >= 15 is 0 Å². The quantitative estimate of drug-likeness (QED) is 0.125. The molecular weight excluding hydrogens is 767 g/mol. The first-order chi connectivity index (χ1) is 28.2. The van der Waals surface area contributed by atoms with Gasteiger partial charge in [-0.3, -0.25) is 34.2 Å². The fraction of sp³-hybridized carbons (Fsp3) is 0.489. The van der Waals surface area contributed by atoms with Gasteiger partial charge in [0.1, 0.15) is 11.7 Å². The van der Waals surface area contributed by atoms with Crippen LogP contribution in [0.2, 0.25) is 0 Å². The van der Waals surface area contributed by atoms with Gasteiger partial charge in [-0.25, -0.2) is 9.97 Å². The molecule has 5 heterocycles.